The molecule has 1 aromatic carbocycles. The molecule has 112 valence electrons. The third-order valence-electron chi connectivity index (χ3n) is 2.76. The summed E-state index contributed by atoms with van der Waals surface area (Å²) < 4.78 is 26.5. The van der Waals surface area contributed by atoms with E-state index in [4.69, 9.17) is 16.7 Å². The Balaban J connectivity index is 3.42. The van der Waals surface area contributed by atoms with Gasteiger partial charge in [-0.1, -0.05) is 11.6 Å². The Kier molecular flexibility index (Phi) is 5.18. The lowest BCUT2D eigenvalue weighted by atomic mass is 10.2. The van der Waals surface area contributed by atoms with E-state index in [1.54, 1.807) is 27.7 Å². The van der Waals surface area contributed by atoms with E-state index in [-0.39, 0.29) is 27.6 Å². The third kappa shape index (κ3) is 3.31. The lowest BCUT2D eigenvalue weighted by Crippen LogP contribution is -2.41. The lowest BCUT2D eigenvalue weighted by molar-refractivity contribution is 0.0697. The molecule has 0 aliphatic heterocycles. The number of carbonyl (C=O) groups is 1. The van der Waals surface area contributed by atoms with Crippen LogP contribution in [-0.4, -0.2) is 35.9 Å². The van der Waals surface area contributed by atoms with Gasteiger partial charge in [0.1, 0.15) is 0 Å². The van der Waals surface area contributed by atoms with E-state index in [0.29, 0.717) is 0 Å². The maximum absolute atomic E-state index is 12.6. The van der Waals surface area contributed by atoms with Crippen LogP contribution in [0, 0.1) is 0 Å². The van der Waals surface area contributed by atoms with Crippen molar-refractivity contribution in [2.75, 3.05) is 0 Å². The van der Waals surface area contributed by atoms with Crippen molar-refractivity contribution < 1.29 is 18.3 Å². The van der Waals surface area contributed by atoms with Crippen LogP contribution in [0.3, 0.4) is 0 Å². The van der Waals surface area contributed by atoms with Crippen LogP contribution in [0.15, 0.2) is 23.1 Å². The van der Waals surface area contributed by atoms with E-state index in [0.717, 1.165) is 6.07 Å². The van der Waals surface area contributed by atoms with E-state index in [1.165, 1.54) is 16.4 Å². The minimum atomic E-state index is -3.76. The van der Waals surface area contributed by atoms with Crippen molar-refractivity contribution in [2.24, 2.45) is 0 Å². The fourth-order valence-corrected chi connectivity index (χ4v) is 4.16. The van der Waals surface area contributed by atoms with Gasteiger partial charge in [0.05, 0.1) is 15.5 Å². The largest absolute Gasteiger partial charge is 0.478 e. The standard InChI is InChI=1S/C13H18ClNO4S/c1-8(2)15(9(3)4)20(18,19)10-5-6-12(14)11(7-10)13(16)17/h5-9H,1-4H3,(H,16,17). The zero-order chi connectivity index (χ0) is 15.7. The van der Waals surface area contributed by atoms with Crippen molar-refractivity contribution in [3.05, 3.63) is 28.8 Å². The molecule has 0 aliphatic rings. The number of carboxylic acid groups (broad SMARTS) is 1. The molecular formula is C13H18ClNO4S. The second-order valence-electron chi connectivity index (χ2n) is 4.97. The molecule has 1 aromatic rings. The maximum atomic E-state index is 12.6. The molecule has 0 saturated heterocycles. The number of benzene rings is 1. The van der Waals surface area contributed by atoms with Crippen LogP contribution < -0.4 is 0 Å². The number of rotatable bonds is 5. The second kappa shape index (κ2) is 6.11. The summed E-state index contributed by atoms with van der Waals surface area (Å²) in [6.45, 7) is 7.08. The first-order valence-electron chi connectivity index (χ1n) is 6.15. The first kappa shape index (κ1) is 16.9. The number of sulfonamides is 1. The quantitative estimate of drug-likeness (QED) is 0.905. The Hall–Kier alpha value is -1.11. The van der Waals surface area contributed by atoms with Gasteiger partial charge in [0.15, 0.2) is 0 Å². The highest BCUT2D eigenvalue weighted by Gasteiger charge is 2.30. The topological polar surface area (TPSA) is 74.7 Å². The first-order valence-corrected chi connectivity index (χ1v) is 7.97. The number of hydrogen-bond donors (Lipinski definition) is 1. The van der Waals surface area contributed by atoms with Gasteiger partial charge < -0.3 is 5.11 Å². The van der Waals surface area contributed by atoms with E-state index >= 15 is 0 Å². The van der Waals surface area contributed by atoms with Crippen LogP contribution in [0.2, 0.25) is 5.02 Å². The van der Waals surface area contributed by atoms with Crippen molar-refractivity contribution in [3.8, 4) is 0 Å². The summed E-state index contributed by atoms with van der Waals surface area (Å²) in [5.41, 5.74) is -0.222. The number of hydrogen-bond acceptors (Lipinski definition) is 3. The monoisotopic (exact) mass is 319 g/mol. The highest BCUT2D eigenvalue weighted by molar-refractivity contribution is 7.89. The lowest BCUT2D eigenvalue weighted by Gasteiger charge is -2.29. The van der Waals surface area contributed by atoms with Crippen LogP contribution in [0.4, 0.5) is 0 Å². The molecule has 0 bridgehead atoms. The summed E-state index contributed by atoms with van der Waals surface area (Å²) in [7, 11) is -3.76. The van der Waals surface area contributed by atoms with Gasteiger partial charge in [-0.15, -0.1) is 0 Å². The van der Waals surface area contributed by atoms with Gasteiger partial charge in [0, 0.05) is 12.1 Å². The summed E-state index contributed by atoms with van der Waals surface area (Å²) in [5, 5.41) is 9.03. The van der Waals surface area contributed by atoms with Gasteiger partial charge in [-0.3, -0.25) is 0 Å². The van der Waals surface area contributed by atoms with E-state index in [2.05, 4.69) is 0 Å². The molecule has 0 radical (unpaired) electrons. The summed E-state index contributed by atoms with van der Waals surface area (Å²) >= 11 is 5.76. The maximum Gasteiger partial charge on any atom is 0.337 e. The molecule has 0 heterocycles. The number of aromatic carboxylic acids is 1. The molecule has 1 N–H and O–H groups in total. The van der Waals surface area contributed by atoms with Crippen LogP contribution in [0.5, 0.6) is 0 Å². The van der Waals surface area contributed by atoms with Gasteiger partial charge >= 0.3 is 5.97 Å². The predicted octanol–water partition coefficient (Wildman–Crippen LogP) is 2.85. The molecule has 20 heavy (non-hydrogen) atoms. The normalized spacial score (nSPS) is 12.4. The molecule has 0 saturated carbocycles. The average molecular weight is 320 g/mol. The van der Waals surface area contributed by atoms with Gasteiger partial charge in [-0.25, -0.2) is 13.2 Å². The number of nitrogens with zero attached hydrogens (tertiary/aromatic N) is 1. The zero-order valence-electron chi connectivity index (χ0n) is 11.8. The van der Waals surface area contributed by atoms with Gasteiger partial charge in [-0.05, 0) is 45.9 Å². The third-order valence-corrected chi connectivity index (χ3v) is 5.34. The first-order chi connectivity index (χ1) is 9.09. The number of halogens is 1. The van der Waals surface area contributed by atoms with Gasteiger partial charge in [0.2, 0.25) is 10.0 Å². The zero-order valence-corrected chi connectivity index (χ0v) is 13.4. The molecule has 0 aliphatic carbocycles. The van der Waals surface area contributed by atoms with E-state index in [1.807, 2.05) is 0 Å². The smallest absolute Gasteiger partial charge is 0.337 e. The summed E-state index contributed by atoms with van der Waals surface area (Å²) in [6.07, 6.45) is 0. The average Bonchev–Trinajstić information content (AvgIpc) is 2.26. The Labute approximate surface area is 124 Å². The van der Waals surface area contributed by atoms with Crippen LogP contribution >= 0.6 is 11.6 Å². The van der Waals surface area contributed by atoms with Crippen molar-refractivity contribution in [1.82, 2.24) is 4.31 Å². The SMILES string of the molecule is CC(C)N(C(C)C)S(=O)(=O)c1ccc(Cl)c(C(=O)O)c1. The van der Waals surface area contributed by atoms with Crippen LogP contribution in [-0.2, 0) is 10.0 Å². The van der Waals surface area contributed by atoms with Crippen molar-refractivity contribution >= 4 is 27.6 Å². The fourth-order valence-electron chi connectivity index (χ4n) is 2.10. The second-order valence-corrected chi connectivity index (χ2v) is 7.22. The fraction of sp³-hybridized carbons (Fsp3) is 0.462. The molecule has 0 unspecified atom stereocenters. The van der Waals surface area contributed by atoms with Crippen molar-refractivity contribution in [1.29, 1.82) is 0 Å². The Morgan fingerprint density at radius 3 is 2.10 bits per heavy atom. The highest BCUT2D eigenvalue weighted by Crippen LogP contribution is 2.25. The summed E-state index contributed by atoms with van der Waals surface area (Å²) in [5.74, 6) is -1.26. The minimum Gasteiger partial charge on any atom is -0.478 e. The Morgan fingerprint density at radius 1 is 1.20 bits per heavy atom. The van der Waals surface area contributed by atoms with Gasteiger partial charge in [0.25, 0.3) is 0 Å². The van der Waals surface area contributed by atoms with E-state index < -0.39 is 16.0 Å². The predicted molar refractivity (Wildman–Crippen MR) is 77.7 cm³/mol. The van der Waals surface area contributed by atoms with Crippen LogP contribution in [0.1, 0.15) is 38.1 Å². The summed E-state index contributed by atoms with van der Waals surface area (Å²) in [4.78, 5) is 11.0. The molecule has 0 fully saturated rings. The van der Waals surface area contributed by atoms with Crippen molar-refractivity contribution in [2.45, 2.75) is 44.7 Å². The Morgan fingerprint density at radius 2 is 1.70 bits per heavy atom. The molecule has 0 spiro atoms. The van der Waals surface area contributed by atoms with E-state index in [9.17, 15) is 13.2 Å². The summed E-state index contributed by atoms with van der Waals surface area (Å²) in [6, 6.07) is 3.24. The number of carboxylic acids is 1. The molecule has 0 aromatic heterocycles. The molecule has 0 atom stereocenters. The molecular weight excluding hydrogens is 302 g/mol. The van der Waals surface area contributed by atoms with Crippen LogP contribution in [0.25, 0.3) is 0 Å². The molecule has 5 nitrogen and oxygen atoms in total. The minimum absolute atomic E-state index is 0.0112. The molecule has 1 rings (SSSR count). The van der Waals surface area contributed by atoms with Crippen molar-refractivity contribution in [3.63, 3.8) is 0 Å². The van der Waals surface area contributed by atoms with Gasteiger partial charge in [-0.2, -0.15) is 4.31 Å². The molecule has 0 amide bonds. The highest BCUT2D eigenvalue weighted by atomic mass is 35.5. The molecule has 7 heteroatoms. The Bertz CT molecular complexity index is 603.